The molecule has 1 aromatic carbocycles. The van der Waals surface area contributed by atoms with E-state index in [0.717, 1.165) is 0 Å². The average Bonchev–Trinajstić information content (AvgIpc) is 1.88. The number of benzene rings is 1. The number of non-ortho nitro benzene ring substituents is 1. The van der Waals surface area contributed by atoms with Crippen LogP contribution in [-0.2, 0) is 0 Å². The molecule has 0 fully saturated rings. The summed E-state index contributed by atoms with van der Waals surface area (Å²) in [5.74, 6) is 0. The van der Waals surface area contributed by atoms with Gasteiger partial charge in [-0.25, -0.2) is 0 Å². The minimum absolute atomic E-state index is 0. The lowest BCUT2D eigenvalue weighted by atomic mass is 10.3. The van der Waals surface area contributed by atoms with E-state index in [2.05, 4.69) is 0 Å². The standard InChI is InChI=1S/C6H4ClNO2.CH4/c7-5-1-3-6(4-2-5)8(9)10;/h1-4H;1H4. The third kappa shape index (κ3) is 2.55. The Balaban J connectivity index is 0.000001000. The molecule has 0 unspecified atom stereocenters. The van der Waals surface area contributed by atoms with Gasteiger partial charge in [0.1, 0.15) is 0 Å². The van der Waals surface area contributed by atoms with E-state index in [4.69, 9.17) is 11.6 Å². The second-order valence-corrected chi connectivity index (χ2v) is 2.17. The number of hydrogen-bond donors (Lipinski definition) is 0. The van der Waals surface area contributed by atoms with Crippen LogP contribution in [0.5, 0.6) is 0 Å². The Kier molecular flexibility index (Phi) is 3.54. The highest BCUT2D eigenvalue weighted by molar-refractivity contribution is 6.30. The van der Waals surface area contributed by atoms with Crippen molar-refractivity contribution in [2.45, 2.75) is 7.43 Å². The van der Waals surface area contributed by atoms with Crippen LogP contribution in [0.2, 0.25) is 5.02 Å². The molecule has 0 atom stereocenters. The van der Waals surface area contributed by atoms with E-state index in [-0.39, 0.29) is 13.1 Å². The van der Waals surface area contributed by atoms with E-state index in [0.29, 0.717) is 5.02 Å². The van der Waals surface area contributed by atoms with Gasteiger partial charge in [0.2, 0.25) is 0 Å². The first-order chi connectivity index (χ1) is 4.70. The molecule has 0 aliphatic rings. The molecule has 0 spiro atoms. The summed E-state index contributed by atoms with van der Waals surface area (Å²) < 4.78 is 0. The Bertz CT molecular complexity index is 245. The normalized spacial score (nSPS) is 8.45. The van der Waals surface area contributed by atoms with Gasteiger partial charge in [-0.3, -0.25) is 10.1 Å². The average molecular weight is 174 g/mol. The first-order valence-corrected chi connectivity index (χ1v) is 2.98. The van der Waals surface area contributed by atoms with E-state index >= 15 is 0 Å². The van der Waals surface area contributed by atoms with Crippen molar-refractivity contribution in [1.29, 1.82) is 0 Å². The molecule has 0 aromatic heterocycles. The molecule has 4 heteroatoms. The van der Waals surface area contributed by atoms with Crippen LogP contribution in [-0.4, -0.2) is 4.92 Å². The summed E-state index contributed by atoms with van der Waals surface area (Å²) in [5.41, 5.74) is 0.0596. The number of nitrogens with zero attached hydrogens (tertiary/aromatic N) is 1. The highest BCUT2D eigenvalue weighted by Gasteiger charge is 2.01. The van der Waals surface area contributed by atoms with Gasteiger partial charge in [0.15, 0.2) is 0 Å². The van der Waals surface area contributed by atoms with Crippen LogP contribution in [0.4, 0.5) is 5.69 Å². The number of nitro benzene ring substituents is 1. The molecule has 3 nitrogen and oxygen atoms in total. The summed E-state index contributed by atoms with van der Waals surface area (Å²) in [5, 5.41) is 10.6. The fraction of sp³-hybridized carbons (Fsp3) is 0.143. The minimum atomic E-state index is -0.462. The lowest BCUT2D eigenvalue weighted by Crippen LogP contribution is -1.85. The van der Waals surface area contributed by atoms with Crippen molar-refractivity contribution in [3.63, 3.8) is 0 Å². The maximum atomic E-state index is 10.1. The van der Waals surface area contributed by atoms with Crippen molar-refractivity contribution in [3.8, 4) is 0 Å². The van der Waals surface area contributed by atoms with Gasteiger partial charge in [-0.2, -0.15) is 0 Å². The summed E-state index contributed by atoms with van der Waals surface area (Å²) in [7, 11) is 0. The summed E-state index contributed by atoms with van der Waals surface area (Å²) >= 11 is 5.49. The second-order valence-electron chi connectivity index (χ2n) is 1.73. The minimum Gasteiger partial charge on any atom is -0.258 e. The maximum absolute atomic E-state index is 10.1. The molecule has 0 bridgehead atoms. The van der Waals surface area contributed by atoms with E-state index in [9.17, 15) is 10.1 Å². The number of nitro groups is 1. The molecular weight excluding hydrogens is 166 g/mol. The molecule has 0 saturated heterocycles. The molecular formula is C7H8ClNO2. The molecule has 0 aliphatic heterocycles. The molecule has 0 radical (unpaired) electrons. The zero-order valence-corrected chi connectivity index (χ0v) is 5.71. The monoisotopic (exact) mass is 173 g/mol. The van der Waals surface area contributed by atoms with Crippen molar-refractivity contribution < 1.29 is 4.92 Å². The third-order valence-electron chi connectivity index (χ3n) is 1.04. The van der Waals surface area contributed by atoms with Crippen LogP contribution in [0.25, 0.3) is 0 Å². The fourth-order valence-corrected chi connectivity index (χ4v) is 0.689. The van der Waals surface area contributed by atoms with Gasteiger partial charge in [0, 0.05) is 17.2 Å². The molecule has 1 rings (SSSR count). The van der Waals surface area contributed by atoms with Crippen molar-refractivity contribution >= 4 is 17.3 Å². The Morgan fingerprint density at radius 3 is 2.09 bits per heavy atom. The van der Waals surface area contributed by atoms with Gasteiger partial charge >= 0.3 is 0 Å². The molecule has 0 N–H and O–H groups in total. The van der Waals surface area contributed by atoms with Crippen molar-refractivity contribution in [2.75, 3.05) is 0 Å². The lowest BCUT2D eigenvalue weighted by molar-refractivity contribution is -0.384. The zero-order valence-electron chi connectivity index (χ0n) is 4.95. The van der Waals surface area contributed by atoms with Crippen molar-refractivity contribution in [2.24, 2.45) is 0 Å². The maximum Gasteiger partial charge on any atom is 0.269 e. The summed E-state index contributed by atoms with van der Waals surface area (Å²) in [4.78, 5) is 9.61. The van der Waals surface area contributed by atoms with Gasteiger partial charge in [0.05, 0.1) is 4.92 Å². The van der Waals surface area contributed by atoms with Gasteiger partial charge in [0.25, 0.3) is 5.69 Å². The van der Waals surface area contributed by atoms with Gasteiger partial charge in [-0.05, 0) is 12.1 Å². The van der Waals surface area contributed by atoms with E-state index in [1.807, 2.05) is 0 Å². The van der Waals surface area contributed by atoms with Crippen molar-refractivity contribution in [1.82, 2.24) is 0 Å². The summed E-state index contributed by atoms with van der Waals surface area (Å²) in [6.07, 6.45) is 0. The highest BCUT2D eigenvalue weighted by Crippen LogP contribution is 2.14. The quantitative estimate of drug-likeness (QED) is 0.484. The second kappa shape index (κ2) is 3.93. The van der Waals surface area contributed by atoms with Crippen LogP contribution in [0.3, 0.4) is 0 Å². The summed E-state index contributed by atoms with van der Waals surface area (Å²) in [6.45, 7) is 0. The zero-order chi connectivity index (χ0) is 7.56. The Morgan fingerprint density at radius 1 is 1.27 bits per heavy atom. The first-order valence-electron chi connectivity index (χ1n) is 2.60. The first kappa shape index (κ1) is 9.91. The van der Waals surface area contributed by atoms with Crippen LogP contribution < -0.4 is 0 Å². The third-order valence-corrected chi connectivity index (χ3v) is 1.29. The van der Waals surface area contributed by atoms with E-state index in [1.54, 1.807) is 0 Å². The molecule has 0 saturated carbocycles. The molecule has 0 amide bonds. The van der Waals surface area contributed by atoms with E-state index in [1.165, 1.54) is 24.3 Å². The van der Waals surface area contributed by atoms with Gasteiger partial charge < -0.3 is 0 Å². The number of rotatable bonds is 1. The Hall–Kier alpha value is -1.09. The molecule has 1 aromatic rings. The topological polar surface area (TPSA) is 43.1 Å². The van der Waals surface area contributed by atoms with Crippen LogP contribution in [0.1, 0.15) is 7.43 Å². The lowest BCUT2D eigenvalue weighted by Gasteiger charge is -1.88. The fourth-order valence-electron chi connectivity index (χ4n) is 0.563. The SMILES string of the molecule is C.O=[N+]([O-])c1ccc(Cl)cc1. The summed E-state index contributed by atoms with van der Waals surface area (Å²) in [6, 6.07) is 5.70. The number of halogens is 1. The van der Waals surface area contributed by atoms with E-state index < -0.39 is 4.92 Å². The van der Waals surface area contributed by atoms with Crippen molar-refractivity contribution in [3.05, 3.63) is 39.4 Å². The van der Waals surface area contributed by atoms with Crippen LogP contribution >= 0.6 is 11.6 Å². The molecule has 0 heterocycles. The molecule has 60 valence electrons. The Morgan fingerprint density at radius 2 is 1.73 bits per heavy atom. The molecule has 11 heavy (non-hydrogen) atoms. The predicted molar refractivity (Wildman–Crippen MR) is 44.8 cm³/mol. The smallest absolute Gasteiger partial charge is 0.258 e. The van der Waals surface area contributed by atoms with Gasteiger partial charge in [-0.1, -0.05) is 19.0 Å². The van der Waals surface area contributed by atoms with Crippen LogP contribution in [0, 0.1) is 10.1 Å². The molecule has 0 aliphatic carbocycles. The predicted octanol–water partition coefficient (Wildman–Crippen LogP) is 2.88. The highest BCUT2D eigenvalue weighted by atomic mass is 35.5. The Labute approximate surface area is 69.8 Å². The number of hydrogen-bond acceptors (Lipinski definition) is 2. The largest absolute Gasteiger partial charge is 0.269 e. The van der Waals surface area contributed by atoms with Crippen LogP contribution in [0.15, 0.2) is 24.3 Å². The van der Waals surface area contributed by atoms with Gasteiger partial charge in [-0.15, -0.1) is 0 Å².